The van der Waals surface area contributed by atoms with Gasteiger partial charge in [-0.05, 0) is 33.1 Å². The number of aliphatic hydroxyl groups is 2. The van der Waals surface area contributed by atoms with Crippen molar-refractivity contribution in [1.29, 1.82) is 0 Å². The molecule has 1 aliphatic heterocycles. The molecule has 1 saturated heterocycles. The molecule has 0 amide bonds. The molecule has 6 heteroatoms. The first kappa shape index (κ1) is 18.9. The summed E-state index contributed by atoms with van der Waals surface area (Å²) in [4.78, 5) is 23.8. The Labute approximate surface area is 131 Å². The Balaban J connectivity index is 2.69. The molecule has 2 N–H and O–H groups in total. The summed E-state index contributed by atoms with van der Waals surface area (Å²) in [7, 11) is 0. The summed E-state index contributed by atoms with van der Waals surface area (Å²) in [5, 5.41) is 19.7. The Bertz CT molecular complexity index is 401. The number of rotatable bonds is 6. The highest BCUT2D eigenvalue weighted by atomic mass is 16.6. The van der Waals surface area contributed by atoms with Gasteiger partial charge in [-0.25, -0.2) is 0 Å². The highest BCUT2D eigenvalue weighted by Gasteiger charge is 2.44. The maximum atomic E-state index is 12.3. The first-order valence-electron chi connectivity index (χ1n) is 7.76. The Morgan fingerprint density at radius 3 is 2.59 bits per heavy atom. The molecular weight excluding hydrogens is 288 g/mol. The van der Waals surface area contributed by atoms with Crippen LogP contribution in [-0.2, 0) is 19.1 Å². The van der Waals surface area contributed by atoms with Crippen molar-refractivity contribution in [1.82, 2.24) is 0 Å². The summed E-state index contributed by atoms with van der Waals surface area (Å²) in [6, 6.07) is 0. The quantitative estimate of drug-likeness (QED) is 0.720. The van der Waals surface area contributed by atoms with Gasteiger partial charge in [-0.3, -0.25) is 9.59 Å². The largest absolute Gasteiger partial charge is 0.465 e. The number of aliphatic hydroxyl groups excluding tert-OH is 2. The van der Waals surface area contributed by atoms with Crippen LogP contribution in [0.5, 0.6) is 0 Å². The predicted octanol–water partition coefficient (Wildman–Crippen LogP) is 1.42. The fraction of sp³-hybridized carbons (Fsp3) is 0.875. The molecule has 0 aromatic rings. The number of hydrogen-bond acceptors (Lipinski definition) is 6. The molecule has 2 unspecified atom stereocenters. The maximum Gasteiger partial charge on any atom is 0.314 e. The van der Waals surface area contributed by atoms with Crippen molar-refractivity contribution in [2.75, 3.05) is 13.2 Å². The number of carbonyl (C=O) groups is 2. The summed E-state index contributed by atoms with van der Waals surface area (Å²) >= 11 is 0. The van der Waals surface area contributed by atoms with Gasteiger partial charge in [-0.15, -0.1) is 0 Å². The first-order valence-corrected chi connectivity index (χ1v) is 7.76. The van der Waals surface area contributed by atoms with Crippen LogP contribution in [0.3, 0.4) is 0 Å². The topological polar surface area (TPSA) is 93.1 Å². The fourth-order valence-corrected chi connectivity index (χ4v) is 2.20. The second-order valence-electron chi connectivity index (χ2n) is 7.34. The lowest BCUT2D eigenvalue weighted by atomic mass is 9.82. The van der Waals surface area contributed by atoms with Crippen LogP contribution in [0.15, 0.2) is 0 Å². The van der Waals surface area contributed by atoms with E-state index in [1.165, 1.54) is 0 Å². The van der Waals surface area contributed by atoms with Crippen LogP contribution < -0.4 is 0 Å². The SMILES string of the molecule is CC(C)(CO)COC(=O)C(C)(C)C(O)C1CCCCC(=O)O1. The molecule has 6 nitrogen and oxygen atoms in total. The minimum atomic E-state index is -1.19. The molecule has 0 radical (unpaired) electrons. The molecule has 1 aliphatic rings. The molecule has 0 aromatic carbocycles. The zero-order chi connectivity index (χ0) is 17.0. The van der Waals surface area contributed by atoms with Crippen molar-refractivity contribution in [3.8, 4) is 0 Å². The summed E-state index contributed by atoms with van der Waals surface area (Å²) in [6.07, 6.45) is 0.570. The standard InChI is InChI=1S/C16H28O6/c1-15(2,9-17)10-21-14(20)16(3,4)13(19)11-7-5-6-8-12(18)22-11/h11,13,17,19H,5-10H2,1-4H3. The minimum absolute atomic E-state index is 0.0585. The lowest BCUT2D eigenvalue weighted by Gasteiger charge is -2.34. The Kier molecular flexibility index (Phi) is 6.38. The molecular formula is C16H28O6. The van der Waals surface area contributed by atoms with E-state index in [0.717, 1.165) is 12.8 Å². The summed E-state index contributed by atoms with van der Waals surface area (Å²) in [6.45, 7) is 6.65. The maximum absolute atomic E-state index is 12.3. The van der Waals surface area contributed by atoms with E-state index >= 15 is 0 Å². The Morgan fingerprint density at radius 2 is 2.00 bits per heavy atom. The van der Waals surface area contributed by atoms with Crippen LogP contribution in [0, 0.1) is 10.8 Å². The number of ether oxygens (including phenoxy) is 2. The van der Waals surface area contributed by atoms with Crippen molar-refractivity contribution >= 4 is 11.9 Å². The van der Waals surface area contributed by atoms with Gasteiger partial charge in [0.05, 0.1) is 18.6 Å². The van der Waals surface area contributed by atoms with Gasteiger partial charge in [0, 0.05) is 11.8 Å². The third-order valence-electron chi connectivity index (χ3n) is 4.04. The first-order chi connectivity index (χ1) is 10.1. The van der Waals surface area contributed by atoms with Crippen LogP contribution in [-0.4, -0.2) is 47.6 Å². The van der Waals surface area contributed by atoms with E-state index in [4.69, 9.17) is 9.47 Å². The van der Waals surface area contributed by atoms with E-state index in [2.05, 4.69) is 0 Å². The molecule has 1 heterocycles. The van der Waals surface area contributed by atoms with Crippen molar-refractivity contribution in [3.05, 3.63) is 0 Å². The molecule has 2 atom stereocenters. The Morgan fingerprint density at radius 1 is 1.36 bits per heavy atom. The molecule has 0 saturated carbocycles. The zero-order valence-electron chi connectivity index (χ0n) is 13.9. The van der Waals surface area contributed by atoms with E-state index in [0.29, 0.717) is 12.8 Å². The summed E-state index contributed by atoms with van der Waals surface area (Å²) < 4.78 is 10.5. The van der Waals surface area contributed by atoms with Crippen molar-refractivity contribution < 1.29 is 29.3 Å². The van der Waals surface area contributed by atoms with Crippen LogP contribution in [0.4, 0.5) is 0 Å². The Hall–Kier alpha value is -1.14. The second kappa shape index (κ2) is 7.42. The van der Waals surface area contributed by atoms with Gasteiger partial charge in [-0.2, -0.15) is 0 Å². The molecule has 0 aliphatic carbocycles. The van der Waals surface area contributed by atoms with Crippen LogP contribution in [0.2, 0.25) is 0 Å². The number of hydrogen-bond donors (Lipinski definition) is 2. The summed E-state index contributed by atoms with van der Waals surface area (Å²) in [5.41, 5.74) is -1.73. The zero-order valence-corrected chi connectivity index (χ0v) is 13.9. The predicted molar refractivity (Wildman–Crippen MR) is 80.0 cm³/mol. The normalized spacial score (nSPS) is 21.7. The highest BCUT2D eigenvalue weighted by molar-refractivity contribution is 5.77. The van der Waals surface area contributed by atoms with Gasteiger partial charge in [-0.1, -0.05) is 13.8 Å². The molecule has 1 rings (SSSR count). The lowest BCUT2D eigenvalue weighted by Crippen LogP contribution is -2.47. The molecule has 1 fully saturated rings. The van der Waals surface area contributed by atoms with Gasteiger partial charge in [0.15, 0.2) is 0 Å². The average molecular weight is 316 g/mol. The van der Waals surface area contributed by atoms with Gasteiger partial charge >= 0.3 is 11.9 Å². The minimum Gasteiger partial charge on any atom is -0.465 e. The lowest BCUT2D eigenvalue weighted by molar-refractivity contribution is -0.177. The van der Waals surface area contributed by atoms with E-state index in [1.54, 1.807) is 27.7 Å². The molecule has 0 aromatic heterocycles. The monoisotopic (exact) mass is 316 g/mol. The van der Waals surface area contributed by atoms with Crippen LogP contribution in [0.1, 0.15) is 53.4 Å². The van der Waals surface area contributed by atoms with Gasteiger partial charge in [0.2, 0.25) is 0 Å². The fourth-order valence-electron chi connectivity index (χ4n) is 2.20. The van der Waals surface area contributed by atoms with Crippen molar-refractivity contribution in [2.24, 2.45) is 10.8 Å². The van der Waals surface area contributed by atoms with E-state index < -0.39 is 29.0 Å². The van der Waals surface area contributed by atoms with Crippen molar-refractivity contribution in [3.63, 3.8) is 0 Å². The third-order valence-corrected chi connectivity index (χ3v) is 4.04. The number of cyclic esters (lactones) is 1. The van der Waals surface area contributed by atoms with Crippen molar-refractivity contribution in [2.45, 2.75) is 65.6 Å². The third kappa shape index (κ3) is 4.95. The van der Waals surface area contributed by atoms with E-state index in [9.17, 15) is 19.8 Å². The van der Waals surface area contributed by atoms with Gasteiger partial charge in [0.25, 0.3) is 0 Å². The number of esters is 2. The van der Waals surface area contributed by atoms with Gasteiger partial charge in [0.1, 0.15) is 12.2 Å². The van der Waals surface area contributed by atoms with Gasteiger partial charge < -0.3 is 19.7 Å². The van der Waals surface area contributed by atoms with Crippen LogP contribution >= 0.6 is 0 Å². The van der Waals surface area contributed by atoms with E-state index in [-0.39, 0.29) is 19.2 Å². The number of carbonyl (C=O) groups excluding carboxylic acids is 2. The average Bonchev–Trinajstić information content (AvgIpc) is 2.68. The molecule has 128 valence electrons. The highest BCUT2D eigenvalue weighted by Crippen LogP contribution is 2.31. The smallest absolute Gasteiger partial charge is 0.314 e. The molecule has 0 spiro atoms. The summed E-state index contributed by atoms with van der Waals surface area (Å²) in [5.74, 6) is -0.908. The molecule has 22 heavy (non-hydrogen) atoms. The second-order valence-corrected chi connectivity index (χ2v) is 7.34. The molecule has 0 bridgehead atoms. The van der Waals surface area contributed by atoms with Crippen LogP contribution in [0.25, 0.3) is 0 Å². The van der Waals surface area contributed by atoms with E-state index in [1.807, 2.05) is 0 Å².